The molecule has 0 saturated heterocycles. The van der Waals surface area contributed by atoms with Crippen LogP contribution in [0, 0.1) is 17.8 Å². The van der Waals surface area contributed by atoms with Gasteiger partial charge in [0.2, 0.25) is 0 Å². The van der Waals surface area contributed by atoms with Crippen LogP contribution < -0.4 is 10.7 Å². The molecule has 2 fully saturated rings. The molecule has 2 saturated carbocycles. The molecule has 4 aliphatic carbocycles. The number of rotatable bonds is 8. The molecule has 4 atom stereocenters. The summed E-state index contributed by atoms with van der Waals surface area (Å²) in [5.41, 5.74) is 6.07. The van der Waals surface area contributed by atoms with Gasteiger partial charge in [-0.3, -0.25) is 4.79 Å². The SMILES string of the molecule is CN/N=C\C(C(=O)NC1C2CC=C3C(C2)CC31)=C(/C)OCCc1ccsc1. The molecule has 5 nitrogen and oxygen atoms in total. The van der Waals surface area contributed by atoms with Gasteiger partial charge in [0.05, 0.1) is 18.4 Å². The van der Waals surface area contributed by atoms with Crippen molar-refractivity contribution in [3.8, 4) is 0 Å². The largest absolute Gasteiger partial charge is 0.497 e. The number of nitrogens with zero attached hydrogens (tertiary/aromatic N) is 1. The highest BCUT2D eigenvalue weighted by Gasteiger charge is 2.52. The molecule has 0 aromatic carbocycles. The minimum Gasteiger partial charge on any atom is -0.497 e. The first-order chi connectivity index (χ1) is 13.2. The molecule has 6 heteroatoms. The van der Waals surface area contributed by atoms with Crippen LogP contribution >= 0.6 is 11.3 Å². The van der Waals surface area contributed by atoms with Crippen molar-refractivity contribution in [3.05, 3.63) is 45.4 Å². The van der Waals surface area contributed by atoms with Gasteiger partial charge in [-0.05, 0) is 60.4 Å². The van der Waals surface area contributed by atoms with E-state index in [-0.39, 0.29) is 11.9 Å². The average molecular weight is 386 g/mol. The van der Waals surface area contributed by atoms with Gasteiger partial charge in [-0.1, -0.05) is 11.6 Å². The molecule has 0 aliphatic heterocycles. The molecule has 4 bridgehead atoms. The van der Waals surface area contributed by atoms with Crippen LogP contribution in [0.4, 0.5) is 0 Å². The number of allylic oxidation sites excluding steroid dienone is 2. The summed E-state index contributed by atoms with van der Waals surface area (Å²) < 4.78 is 5.88. The molecule has 4 aliphatic rings. The van der Waals surface area contributed by atoms with Gasteiger partial charge in [0, 0.05) is 25.4 Å². The number of carbonyl (C=O) groups excluding carboxylic acids is 1. The van der Waals surface area contributed by atoms with Crippen LogP contribution in [0.2, 0.25) is 0 Å². The summed E-state index contributed by atoms with van der Waals surface area (Å²) in [7, 11) is 1.72. The first kappa shape index (κ1) is 18.3. The van der Waals surface area contributed by atoms with Crippen molar-refractivity contribution in [2.75, 3.05) is 13.7 Å². The standard InChI is InChI=1S/C21H27N3O2S/c1-13(26-7-5-14-6-8-27-12-14)19(11-23-22-2)21(25)24-20-15-3-4-17-16(9-15)10-18(17)20/h4,6,8,11-12,15-16,18,20,22H,3,5,7,9-10H2,1-2H3,(H,24,25)/b19-13-,23-11-. The monoisotopic (exact) mass is 385 g/mol. The van der Waals surface area contributed by atoms with E-state index in [4.69, 9.17) is 4.74 Å². The van der Waals surface area contributed by atoms with Crippen molar-refractivity contribution in [2.24, 2.45) is 22.9 Å². The van der Waals surface area contributed by atoms with Crippen LogP contribution in [0.3, 0.4) is 0 Å². The van der Waals surface area contributed by atoms with Gasteiger partial charge in [-0.2, -0.15) is 16.4 Å². The van der Waals surface area contributed by atoms with Gasteiger partial charge in [-0.25, -0.2) is 0 Å². The van der Waals surface area contributed by atoms with Crippen molar-refractivity contribution < 1.29 is 9.53 Å². The molecule has 27 heavy (non-hydrogen) atoms. The van der Waals surface area contributed by atoms with E-state index in [1.807, 2.05) is 6.92 Å². The molecule has 1 aromatic rings. The quantitative estimate of drug-likeness (QED) is 0.237. The van der Waals surface area contributed by atoms with E-state index < -0.39 is 0 Å². The lowest BCUT2D eigenvalue weighted by Crippen LogP contribution is -2.58. The number of hydrogen-bond donors (Lipinski definition) is 2. The van der Waals surface area contributed by atoms with E-state index in [9.17, 15) is 4.79 Å². The molecule has 0 spiro atoms. The number of carbonyl (C=O) groups is 1. The van der Waals surface area contributed by atoms with Gasteiger partial charge in [-0.15, -0.1) is 0 Å². The molecule has 2 N–H and O–H groups in total. The summed E-state index contributed by atoms with van der Waals surface area (Å²) >= 11 is 1.68. The van der Waals surface area contributed by atoms with Crippen molar-refractivity contribution in [1.29, 1.82) is 0 Å². The Morgan fingerprint density at radius 1 is 1.44 bits per heavy atom. The smallest absolute Gasteiger partial charge is 0.256 e. The second-order valence-electron chi connectivity index (χ2n) is 7.66. The zero-order valence-electron chi connectivity index (χ0n) is 15.9. The van der Waals surface area contributed by atoms with E-state index in [0.29, 0.717) is 29.8 Å². The maximum absolute atomic E-state index is 13.0. The fraction of sp³-hybridized carbons (Fsp3) is 0.524. The molecule has 5 rings (SSSR count). The third-order valence-corrected chi connectivity index (χ3v) is 6.89. The van der Waals surface area contributed by atoms with Gasteiger partial charge in [0.1, 0.15) is 5.76 Å². The predicted molar refractivity (Wildman–Crippen MR) is 109 cm³/mol. The Kier molecular flexibility index (Phi) is 5.34. The summed E-state index contributed by atoms with van der Waals surface area (Å²) in [5.74, 6) is 2.47. The van der Waals surface area contributed by atoms with Gasteiger partial charge in [0.15, 0.2) is 0 Å². The zero-order chi connectivity index (χ0) is 18.8. The number of hydrazone groups is 1. The Hall–Kier alpha value is -2.08. The normalized spacial score (nSPS) is 29.0. The third kappa shape index (κ3) is 3.68. The fourth-order valence-corrected chi connectivity index (χ4v) is 5.42. The topological polar surface area (TPSA) is 62.7 Å². The van der Waals surface area contributed by atoms with Crippen LogP contribution in [0.1, 0.15) is 31.7 Å². The summed E-state index contributed by atoms with van der Waals surface area (Å²) in [6, 6.07) is 2.36. The Bertz CT molecular complexity index is 781. The highest BCUT2D eigenvalue weighted by atomic mass is 32.1. The third-order valence-electron chi connectivity index (χ3n) is 6.16. The second kappa shape index (κ2) is 7.89. The predicted octanol–water partition coefficient (Wildman–Crippen LogP) is 3.26. The number of fused-ring (bicyclic) bond motifs is 1. The van der Waals surface area contributed by atoms with Crippen LogP contribution in [0.5, 0.6) is 0 Å². The maximum atomic E-state index is 13.0. The molecule has 4 unspecified atom stereocenters. The van der Waals surface area contributed by atoms with E-state index in [1.165, 1.54) is 18.4 Å². The van der Waals surface area contributed by atoms with E-state index in [0.717, 1.165) is 18.8 Å². The van der Waals surface area contributed by atoms with Crippen LogP contribution in [-0.4, -0.2) is 31.8 Å². The highest BCUT2D eigenvalue weighted by Crippen LogP contribution is 2.56. The number of ether oxygens (including phenoxy) is 1. The minimum atomic E-state index is -0.0800. The summed E-state index contributed by atoms with van der Waals surface area (Å²) in [4.78, 5) is 13.0. The number of nitrogens with one attached hydrogen (secondary N) is 2. The van der Waals surface area contributed by atoms with E-state index in [1.54, 1.807) is 30.2 Å². The minimum absolute atomic E-state index is 0.0800. The summed E-state index contributed by atoms with van der Waals surface area (Å²) in [5, 5.41) is 11.5. The molecule has 0 radical (unpaired) electrons. The molecule has 1 heterocycles. The van der Waals surface area contributed by atoms with Crippen molar-refractivity contribution >= 4 is 23.5 Å². The van der Waals surface area contributed by atoms with Gasteiger partial charge >= 0.3 is 0 Å². The number of thiophene rings is 1. The lowest BCUT2D eigenvalue weighted by atomic mass is 9.51. The zero-order valence-corrected chi connectivity index (χ0v) is 16.7. The van der Waals surface area contributed by atoms with Crippen LogP contribution in [0.25, 0.3) is 0 Å². The Morgan fingerprint density at radius 3 is 3.00 bits per heavy atom. The highest BCUT2D eigenvalue weighted by molar-refractivity contribution is 7.07. The Morgan fingerprint density at radius 2 is 2.33 bits per heavy atom. The van der Waals surface area contributed by atoms with E-state index >= 15 is 0 Å². The fourth-order valence-electron chi connectivity index (χ4n) is 4.72. The number of hydrogen-bond acceptors (Lipinski definition) is 5. The lowest BCUT2D eigenvalue weighted by Gasteiger charge is -2.56. The van der Waals surface area contributed by atoms with E-state index in [2.05, 4.69) is 38.7 Å². The first-order valence-electron chi connectivity index (χ1n) is 9.72. The first-order valence-corrected chi connectivity index (χ1v) is 10.7. The molecule has 1 amide bonds. The lowest BCUT2D eigenvalue weighted by molar-refractivity contribution is -0.119. The molecular formula is C21H27N3O2S. The molecule has 1 aromatic heterocycles. The van der Waals surface area contributed by atoms with Crippen molar-refractivity contribution in [2.45, 2.75) is 38.6 Å². The van der Waals surface area contributed by atoms with Crippen LogP contribution in [-0.2, 0) is 16.0 Å². The Balaban J connectivity index is 1.41. The summed E-state index contributed by atoms with van der Waals surface area (Å²) in [6.45, 7) is 2.40. The maximum Gasteiger partial charge on any atom is 0.256 e. The van der Waals surface area contributed by atoms with Crippen LogP contribution in [0.15, 0.2) is 44.9 Å². The Labute approximate surface area is 164 Å². The second-order valence-corrected chi connectivity index (χ2v) is 8.44. The average Bonchev–Trinajstić information content (AvgIpc) is 3.16. The molecular weight excluding hydrogens is 358 g/mol. The van der Waals surface area contributed by atoms with Crippen molar-refractivity contribution in [1.82, 2.24) is 10.7 Å². The summed E-state index contributed by atoms with van der Waals surface area (Å²) in [6.07, 6.45) is 8.38. The molecule has 144 valence electrons. The van der Waals surface area contributed by atoms with Crippen molar-refractivity contribution in [3.63, 3.8) is 0 Å². The van der Waals surface area contributed by atoms with Gasteiger partial charge < -0.3 is 15.5 Å². The number of amides is 1. The van der Waals surface area contributed by atoms with Gasteiger partial charge in [0.25, 0.3) is 5.91 Å².